The minimum atomic E-state index is -3.00. The van der Waals surface area contributed by atoms with Gasteiger partial charge in [-0.3, -0.25) is 0 Å². The monoisotopic (exact) mass is 744 g/mol. The van der Waals surface area contributed by atoms with Crippen molar-refractivity contribution in [1.29, 1.82) is 0 Å². The normalized spacial score (nSPS) is 22.6. The maximum absolute atomic E-state index is 10.2. The van der Waals surface area contributed by atoms with Crippen molar-refractivity contribution in [1.82, 2.24) is 0 Å². The smallest absolute Gasteiger partial charge is 0.159 e. The van der Waals surface area contributed by atoms with E-state index in [1.54, 1.807) is 13.8 Å². The first-order valence-electron chi connectivity index (χ1n) is 31.1. The number of nitrogens with zero attached hydrogens (tertiary/aromatic N) is 1. The summed E-state index contributed by atoms with van der Waals surface area (Å²) >= 11 is 0. The second kappa shape index (κ2) is 11.2. The summed E-state index contributed by atoms with van der Waals surface area (Å²) in [5.41, 5.74) is -10.4. The van der Waals surface area contributed by atoms with Crippen molar-refractivity contribution in [3.8, 4) is 33.4 Å². The van der Waals surface area contributed by atoms with E-state index in [0.717, 1.165) is 17.0 Å². The molecule has 3 aliphatic rings. The lowest BCUT2D eigenvalue weighted by molar-refractivity contribution is 0.638. The standard InChI is InChI=1S/C54H39NO/c1-53(2)45-21-9-6-16-39(45)42-29-27-36(32-49(42)53)55(35-26-28-38-34(31-35)30-33-14-4-5-15-37(33)38)50-25-13-20-44-43-19-12-24-48(51(43)56-52(44)50)54(3)46-22-10-7-17-40(46)41-18-8-11-23-47(41)54/h4-29,31-32H,30H2,1-3H3/i4D,5D,6D,7D,8D,9D,10D,11D,12D,13D,14D,15D,16D,17D,18D,19D,20D,21D,22D,23D,25D,27D,28D,30D2,31D,32D. The summed E-state index contributed by atoms with van der Waals surface area (Å²) in [6.07, 6.45) is -3.00. The van der Waals surface area contributed by atoms with Gasteiger partial charge in [0, 0.05) is 41.3 Å². The van der Waals surface area contributed by atoms with Crippen LogP contribution in [0.25, 0.3) is 55.3 Å². The van der Waals surface area contributed by atoms with E-state index in [-0.39, 0.29) is 50.1 Å². The first-order valence-corrected chi connectivity index (χ1v) is 17.6. The molecule has 2 nitrogen and oxygen atoms in total. The fraction of sp³-hybridized carbons (Fsp3) is 0.111. The highest BCUT2D eigenvalue weighted by Crippen LogP contribution is 2.56. The molecule has 0 spiro atoms. The highest BCUT2D eigenvalue weighted by Gasteiger charge is 2.42. The minimum absolute atomic E-state index is 0.0162. The van der Waals surface area contributed by atoms with E-state index in [1.165, 1.54) is 13.0 Å². The van der Waals surface area contributed by atoms with Crippen LogP contribution in [-0.4, -0.2) is 0 Å². The van der Waals surface area contributed by atoms with Gasteiger partial charge in [0.05, 0.1) is 40.0 Å². The van der Waals surface area contributed by atoms with Crippen LogP contribution in [-0.2, 0) is 17.2 Å². The van der Waals surface area contributed by atoms with Gasteiger partial charge in [-0.25, -0.2) is 0 Å². The Morgan fingerprint density at radius 1 is 0.482 bits per heavy atom. The van der Waals surface area contributed by atoms with Crippen molar-refractivity contribution in [3.05, 3.63) is 208 Å². The Hall–Kier alpha value is -6.64. The van der Waals surface area contributed by atoms with Gasteiger partial charge >= 0.3 is 0 Å². The second-order valence-electron chi connectivity index (χ2n) is 14.4. The predicted molar refractivity (Wildman–Crippen MR) is 232 cm³/mol. The zero-order valence-electron chi connectivity index (χ0n) is 56.6. The molecule has 0 aliphatic heterocycles. The summed E-state index contributed by atoms with van der Waals surface area (Å²) in [5.74, 6) is 0. The van der Waals surface area contributed by atoms with E-state index in [4.69, 9.17) is 23.6 Å². The van der Waals surface area contributed by atoms with E-state index >= 15 is 0 Å². The molecule has 0 amide bonds. The van der Waals surface area contributed by atoms with Crippen molar-refractivity contribution in [2.75, 3.05) is 4.90 Å². The summed E-state index contributed by atoms with van der Waals surface area (Å²) < 4.78 is 255. The van der Waals surface area contributed by atoms with Gasteiger partial charge in [0.2, 0.25) is 0 Å². The molecule has 0 N–H and O–H groups in total. The third-order valence-electron chi connectivity index (χ3n) is 11.1. The Morgan fingerprint density at radius 3 is 1.88 bits per heavy atom. The average molecular weight is 745 g/mol. The van der Waals surface area contributed by atoms with Crippen LogP contribution in [0.3, 0.4) is 0 Å². The Morgan fingerprint density at radius 2 is 1.11 bits per heavy atom. The summed E-state index contributed by atoms with van der Waals surface area (Å²) in [6.45, 7) is 4.49. The molecule has 9 aromatic rings. The highest BCUT2D eigenvalue weighted by molar-refractivity contribution is 6.12. The second-order valence-corrected chi connectivity index (χ2v) is 14.4. The van der Waals surface area contributed by atoms with E-state index in [9.17, 15) is 17.8 Å². The molecule has 1 heterocycles. The number of rotatable bonds is 4. The number of furan rings is 1. The summed E-state index contributed by atoms with van der Waals surface area (Å²) in [7, 11) is 0. The molecule has 12 rings (SSSR count). The molecular weight excluding hydrogens is 679 g/mol. The van der Waals surface area contributed by atoms with Crippen LogP contribution in [0.4, 0.5) is 17.1 Å². The summed E-state index contributed by atoms with van der Waals surface area (Å²) in [6, 6.07) is -14.8. The van der Waals surface area contributed by atoms with E-state index in [0.29, 0.717) is 0 Å². The SMILES string of the molecule is [2H]c1cc(N(c2c([2H])cc3c(c2[2H])C(C)(C)c2c([2H])c([2H])c([2H])c([2H])c2-3)c2c([2H])c([2H])c([2H])c3c2oc2c(C4(C)c5c([2H])c([2H])c([2H])c([2H])c5-c5c([2H])c([2H])c([2H])c([2H])c54)cc([2H])c([2H])c23)c([2H])c2c1-c1c([2H])c([2H])c([2H])c([2H])c1C2([2H])[2H]. The largest absolute Gasteiger partial charge is 0.454 e. The van der Waals surface area contributed by atoms with Gasteiger partial charge in [-0.15, -0.1) is 0 Å². The number of hydrogen-bond acceptors (Lipinski definition) is 2. The van der Waals surface area contributed by atoms with Gasteiger partial charge in [0.1, 0.15) is 5.58 Å². The van der Waals surface area contributed by atoms with Crippen LogP contribution in [0.5, 0.6) is 0 Å². The molecule has 266 valence electrons. The van der Waals surface area contributed by atoms with Crippen LogP contribution in [0.15, 0.2) is 174 Å². The van der Waals surface area contributed by atoms with Crippen LogP contribution in [0.1, 0.15) is 96.7 Å². The first-order chi connectivity index (χ1) is 38.6. The van der Waals surface area contributed by atoms with Crippen molar-refractivity contribution in [2.24, 2.45) is 0 Å². The van der Waals surface area contributed by atoms with Crippen molar-refractivity contribution < 1.29 is 41.4 Å². The molecule has 0 radical (unpaired) electrons. The van der Waals surface area contributed by atoms with E-state index < -0.39 is 230 Å². The molecule has 0 bridgehead atoms. The van der Waals surface area contributed by atoms with Gasteiger partial charge in [-0.05, 0) is 110 Å². The fourth-order valence-electron chi connectivity index (χ4n) is 8.43. The number of para-hydroxylation sites is 2. The maximum Gasteiger partial charge on any atom is 0.159 e. The lowest BCUT2D eigenvalue weighted by atomic mass is 9.74. The van der Waals surface area contributed by atoms with E-state index in [1.807, 2.05) is 0 Å². The zero-order valence-corrected chi connectivity index (χ0v) is 29.6. The quantitative estimate of drug-likeness (QED) is 0.178. The molecule has 0 unspecified atom stereocenters. The molecule has 8 aromatic carbocycles. The molecule has 2 heteroatoms. The number of benzene rings is 8. The number of fused-ring (bicyclic) bond motifs is 12. The Kier molecular flexibility index (Phi) is 3.03. The Bertz CT molecular complexity index is 4590. The molecular formula is C54H39NO. The highest BCUT2D eigenvalue weighted by atomic mass is 16.3. The lowest BCUT2D eigenvalue weighted by Gasteiger charge is -2.29. The number of anilines is 3. The van der Waals surface area contributed by atoms with Gasteiger partial charge in [-0.1, -0.05) is 153 Å². The van der Waals surface area contributed by atoms with Crippen molar-refractivity contribution >= 4 is 39.0 Å². The van der Waals surface area contributed by atoms with Crippen LogP contribution in [0, 0.1) is 0 Å². The predicted octanol–water partition coefficient (Wildman–Crippen LogP) is 14.3. The molecule has 0 saturated heterocycles. The zero-order chi connectivity index (χ0) is 60.9. The fourth-order valence-corrected chi connectivity index (χ4v) is 8.43. The lowest BCUT2D eigenvalue weighted by Crippen LogP contribution is -2.22. The minimum Gasteiger partial charge on any atom is -0.454 e. The number of hydrogen-bond donors (Lipinski definition) is 0. The van der Waals surface area contributed by atoms with Gasteiger partial charge < -0.3 is 9.32 Å². The van der Waals surface area contributed by atoms with Gasteiger partial charge in [-0.2, -0.15) is 0 Å². The molecule has 0 atom stereocenters. The van der Waals surface area contributed by atoms with Crippen molar-refractivity contribution in [3.63, 3.8) is 0 Å². The average Bonchev–Trinajstić information content (AvgIpc) is 1.88. The third kappa shape index (κ3) is 4.11. The Labute approximate surface area is 365 Å². The molecule has 56 heavy (non-hydrogen) atoms. The van der Waals surface area contributed by atoms with E-state index in [2.05, 4.69) is 0 Å². The van der Waals surface area contributed by atoms with Crippen molar-refractivity contribution in [2.45, 2.75) is 38.0 Å². The molecule has 0 fully saturated rings. The van der Waals surface area contributed by atoms with Crippen LogP contribution < -0.4 is 4.90 Å². The molecule has 1 aromatic heterocycles. The first kappa shape index (κ1) is 15.1. The Balaban J connectivity index is 1.27. The van der Waals surface area contributed by atoms with Crippen LogP contribution >= 0.6 is 0 Å². The van der Waals surface area contributed by atoms with Gasteiger partial charge in [0.25, 0.3) is 0 Å². The summed E-state index contributed by atoms with van der Waals surface area (Å²) in [4.78, 5) is 0.859. The maximum atomic E-state index is 10.2. The summed E-state index contributed by atoms with van der Waals surface area (Å²) in [5, 5.41) is -0.948. The third-order valence-corrected chi connectivity index (χ3v) is 11.1. The molecule has 0 saturated carbocycles. The molecule has 3 aliphatic carbocycles. The van der Waals surface area contributed by atoms with Gasteiger partial charge in [0.15, 0.2) is 5.58 Å². The topological polar surface area (TPSA) is 16.4 Å². The van der Waals surface area contributed by atoms with Crippen LogP contribution in [0.2, 0.25) is 0 Å².